The van der Waals surface area contributed by atoms with Gasteiger partial charge in [-0.1, -0.05) is 15.9 Å². The van der Waals surface area contributed by atoms with Gasteiger partial charge in [0.1, 0.15) is 5.75 Å². The number of nitrogens with zero attached hydrogens (tertiary/aromatic N) is 1. The molecule has 0 aliphatic rings. The molecule has 3 N–H and O–H groups in total. The summed E-state index contributed by atoms with van der Waals surface area (Å²) >= 11 is 13.0. The van der Waals surface area contributed by atoms with E-state index < -0.39 is 15.9 Å². The topological polar surface area (TPSA) is 109 Å². The standard InChI is InChI=1S/C18H14Br2N4O4S3/c19-11-1-6-15(14(20)9-11)28-10-16(25)23-17(29)22-12-2-4-13(5-3-12)31(26,27)24-18-21-7-8-30-18/h1-9H,10H2,(H,21,24)(H2,22,23,25,29). The maximum Gasteiger partial charge on any atom is 0.264 e. The molecule has 0 aliphatic heterocycles. The van der Waals surface area contributed by atoms with Crippen molar-refractivity contribution in [1.82, 2.24) is 10.3 Å². The molecule has 3 aromatic rings. The molecule has 0 unspecified atom stereocenters. The number of ether oxygens (including phenoxy) is 1. The van der Waals surface area contributed by atoms with Gasteiger partial charge in [-0.2, -0.15) is 0 Å². The van der Waals surface area contributed by atoms with E-state index >= 15 is 0 Å². The summed E-state index contributed by atoms with van der Waals surface area (Å²) in [4.78, 5) is 16.0. The van der Waals surface area contributed by atoms with Crippen LogP contribution in [0.4, 0.5) is 10.8 Å². The zero-order valence-electron chi connectivity index (χ0n) is 15.5. The maximum absolute atomic E-state index is 12.3. The van der Waals surface area contributed by atoms with Crippen molar-refractivity contribution in [3.63, 3.8) is 0 Å². The summed E-state index contributed by atoms with van der Waals surface area (Å²) in [7, 11) is -3.74. The molecule has 3 rings (SSSR count). The Kier molecular flexibility index (Phi) is 8.00. The molecule has 0 saturated heterocycles. The average molecular weight is 606 g/mol. The third-order valence-electron chi connectivity index (χ3n) is 3.58. The van der Waals surface area contributed by atoms with Crippen molar-refractivity contribution in [2.24, 2.45) is 0 Å². The van der Waals surface area contributed by atoms with Crippen LogP contribution in [0.1, 0.15) is 0 Å². The van der Waals surface area contributed by atoms with Gasteiger partial charge in [0.2, 0.25) is 0 Å². The second-order valence-electron chi connectivity index (χ2n) is 5.83. The monoisotopic (exact) mass is 604 g/mol. The van der Waals surface area contributed by atoms with Crippen LogP contribution in [0.3, 0.4) is 0 Å². The normalized spacial score (nSPS) is 10.9. The van der Waals surface area contributed by atoms with Crippen molar-refractivity contribution in [2.75, 3.05) is 16.6 Å². The molecule has 8 nitrogen and oxygen atoms in total. The molecule has 13 heteroatoms. The molecule has 162 valence electrons. The molecule has 31 heavy (non-hydrogen) atoms. The van der Waals surface area contributed by atoms with E-state index in [1.165, 1.54) is 41.8 Å². The highest BCUT2D eigenvalue weighted by atomic mass is 79.9. The first kappa shape index (κ1) is 23.6. The number of amides is 1. The number of carbonyl (C=O) groups is 1. The van der Waals surface area contributed by atoms with Gasteiger partial charge < -0.3 is 10.1 Å². The first-order chi connectivity index (χ1) is 14.7. The fourth-order valence-electron chi connectivity index (χ4n) is 2.23. The number of hydrogen-bond acceptors (Lipinski definition) is 7. The number of rotatable bonds is 7. The van der Waals surface area contributed by atoms with Gasteiger partial charge in [-0.3, -0.25) is 14.8 Å². The van der Waals surface area contributed by atoms with Crippen LogP contribution in [0.25, 0.3) is 0 Å². The van der Waals surface area contributed by atoms with Gasteiger partial charge in [0, 0.05) is 21.7 Å². The lowest BCUT2D eigenvalue weighted by Crippen LogP contribution is -2.37. The lowest BCUT2D eigenvalue weighted by Gasteiger charge is -2.12. The number of aromatic nitrogens is 1. The summed E-state index contributed by atoms with van der Waals surface area (Å²) in [5.41, 5.74) is 0.509. The Labute approximate surface area is 204 Å². The number of hydrogen-bond donors (Lipinski definition) is 3. The third kappa shape index (κ3) is 6.97. The Morgan fingerprint density at radius 3 is 2.55 bits per heavy atom. The molecule has 0 saturated carbocycles. The largest absolute Gasteiger partial charge is 0.483 e. The molecule has 0 radical (unpaired) electrons. The SMILES string of the molecule is O=C(COc1ccc(Br)cc1Br)NC(=S)Nc1ccc(S(=O)(=O)Nc2nccs2)cc1. The molecule has 0 fully saturated rings. The van der Waals surface area contributed by atoms with Crippen LogP contribution in [-0.4, -0.2) is 31.0 Å². The highest BCUT2D eigenvalue weighted by Crippen LogP contribution is 2.28. The van der Waals surface area contributed by atoms with Crippen LogP contribution in [0.2, 0.25) is 0 Å². The van der Waals surface area contributed by atoms with Crippen LogP contribution in [0.15, 0.2) is 67.9 Å². The van der Waals surface area contributed by atoms with E-state index in [0.29, 0.717) is 15.9 Å². The number of benzene rings is 2. The number of thiazole rings is 1. The van der Waals surface area contributed by atoms with Gasteiger partial charge in [-0.05, 0) is 70.6 Å². The summed E-state index contributed by atoms with van der Waals surface area (Å²) < 4.78 is 34.1. The molecule has 1 aromatic heterocycles. The van der Waals surface area contributed by atoms with Gasteiger partial charge in [0.25, 0.3) is 15.9 Å². The van der Waals surface area contributed by atoms with E-state index in [0.717, 1.165) is 4.47 Å². The van der Waals surface area contributed by atoms with Gasteiger partial charge in [-0.25, -0.2) is 13.4 Å². The summed E-state index contributed by atoms with van der Waals surface area (Å²) in [6, 6.07) is 11.2. The van der Waals surface area contributed by atoms with Crippen molar-refractivity contribution in [2.45, 2.75) is 4.90 Å². The molecule has 2 aromatic carbocycles. The Hall–Kier alpha value is -2.06. The molecule has 0 atom stereocenters. The van der Waals surface area contributed by atoms with Gasteiger partial charge in [-0.15, -0.1) is 11.3 Å². The van der Waals surface area contributed by atoms with E-state index in [-0.39, 0.29) is 21.7 Å². The summed E-state index contributed by atoms with van der Waals surface area (Å²) in [5, 5.41) is 7.32. The molecular formula is C18H14Br2N4O4S3. The van der Waals surface area contributed by atoms with Gasteiger partial charge in [0.15, 0.2) is 16.9 Å². The predicted octanol–water partition coefficient (Wildman–Crippen LogP) is 4.36. The second kappa shape index (κ2) is 10.5. The highest BCUT2D eigenvalue weighted by Gasteiger charge is 2.15. The van der Waals surface area contributed by atoms with E-state index in [1.807, 2.05) is 0 Å². The predicted molar refractivity (Wildman–Crippen MR) is 131 cm³/mol. The minimum Gasteiger partial charge on any atom is -0.483 e. The summed E-state index contributed by atoms with van der Waals surface area (Å²) in [5.74, 6) is 0.0690. The van der Waals surface area contributed by atoms with Crippen LogP contribution in [0.5, 0.6) is 5.75 Å². The van der Waals surface area contributed by atoms with Crippen LogP contribution in [-0.2, 0) is 14.8 Å². The summed E-state index contributed by atoms with van der Waals surface area (Å²) in [6.45, 7) is -0.234. The molecule has 0 aliphatic carbocycles. The number of nitrogens with one attached hydrogen (secondary N) is 3. The Balaban J connectivity index is 1.51. The summed E-state index contributed by atoms with van der Waals surface area (Å²) in [6.07, 6.45) is 1.51. The number of anilines is 2. The number of carbonyl (C=O) groups excluding carboxylic acids is 1. The van der Waals surface area contributed by atoms with Crippen molar-refractivity contribution >= 4 is 87.3 Å². The quantitative estimate of drug-likeness (QED) is 0.343. The van der Waals surface area contributed by atoms with Crippen molar-refractivity contribution < 1.29 is 17.9 Å². The minimum absolute atomic E-state index is 0.0555. The lowest BCUT2D eigenvalue weighted by molar-refractivity contribution is -0.121. The minimum atomic E-state index is -3.74. The molecule has 1 amide bonds. The maximum atomic E-state index is 12.3. The molecule has 0 spiro atoms. The van der Waals surface area contributed by atoms with Crippen molar-refractivity contribution in [1.29, 1.82) is 0 Å². The molecule has 0 bridgehead atoms. The molecular weight excluding hydrogens is 592 g/mol. The van der Waals surface area contributed by atoms with E-state index in [9.17, 15) is 13.2 Å². The highest BCUT2D eigenvalue weighted by molar-refractivity contribution is 9.11. The van der Waals surface area contributed by atoms with E-state index in [4.69, 9.17) is 17.0 Å². The van der Waals surface area contributed by atoms with Gasteiger partial charge >= 0.3 is 0 Å². The lowest BCUT2D eigenvalue weighted by atomic mass is 10.3. The molecule has 1 heterocycles. The van der Waals surface area contributed by atoms with Crippen molar-refractivity contribution in [3.05, 3.63) is 63.0 Å². The number of sulfonamides is 1. The Morgan fingerprint density at radius 1 is 1.16 bits per heavy atom. The number of thiocarbonyl (C=S) groups is 1. The van der Waals surface area contributed by atoms with E-state index in [1.54, 1.807) is 23.6 Å². The fourth-order valence-corrected chi connectivity index (χ4v) is 5.41. The van der Waals surface area contributed by atoms with Crippen LogP contribution >= 0.6 is 55.4 Å². The average Bonchev–Trinajstić information content (AvgIpc) is 3.20. The first-order valence-corrected chi connectivity index (χ1v) is 12.8. The van der Waals surface area contributed by atoms with Crippen molar-refractivity contribution in [3.8, 4) is 5.75 Å². The zero-order valence-corrected chi connectivity index (χ0v) is 21.1. The first-order valence-electron chi connectivity index (χ1n) is 8.44. The smallest absolute Gasteiger partial charge is 0.264 e. The van der Waals surface area contributed by atoms with Crippen LogP contribution in [0, 0.1) is 0 Å². The third-order valence-corrected chi connectivity index (χ3v) is 7.07. The van der Waals surface area contributed by atoms with Gasteiger partial charge in [0.05, 0.1) is 9.37 Å². The Bertz CT molecular complexity index is 1190. The number of halogens is 2. The van der Waals surface area contributed by atoms with Crippen LogP contribution < -0.4 is 20.1 Å². The second-order valence-corrected chi connectivity index (χ2v) is 10.6. The fraction of sp³-hybridized carbons (Fsp3) is 0.0556. The van der Waals surface area contributed by atoms with E-state index in [2.05, 4.69) is 52.2 Å². The zero-order chi connectivity index (χ0) is 22.4. The Morgan fingerprint density at radius 2 is 1.90 bits per heavy atom.